The first-order valence-corrected chi connectivity index (χ1v) is 8.47. The van der Waals surface area contributed by atoms with E-state index in [1.165, 1.54) is 12.1 Å². The number of sulfone groups is 1. The predicted molar refractivity (Wildman–Crippen MR) is 77.2 cm³/mol. The van der Waals surface area contributed by atoms with Gasteiger partial charge >= 0.3 is 0 Å². The van der Waals surface area contributed by atoms with Crippen molar-refractivity contribution >= 4 is 15.7 Å². The number of nitrogens with zero attached hydrogens (tertiary/aromatic N) is 1. The minimum Gasteiger partial charge on any atom is -0.341 e. The van der Waals surface area contributed by atoms with E-state index in [9.17, 15) is 13.2 Å². The number of nitrogens with two attached hydrogens (primary N) is 1. The van der Waals surface area contributed by atoms with Crippen molar-refractivity contribution in [3.63, 3.8) is 0 Å². The third-order valence-corrected chi connectivity index (χ3v) is 4.81. The molecule has 0 heterocycles. The highest BCUT2D eigenvalue weighted by Gasteiger charge is 2.28. The van der Waals surface area contributed by atoms with E-state index in [4.69, 9.17) is 5.73 Å². The molecule has 0 saturated heterocycles. The third kappa shape index (κ3) is 3.37. The van der Waals surface area contributed by atoms with Crippen molar-refractivity contribution in [3.8, 4) is 0 Å². The number of rotatable bonds is 4. The number of hydrogen-bond acceptors (Lipinski definition) is 4. The fraction of sp³-hybridized carbons (Fsp3) is 0.500. The smallest absolute Gasteiger partial charge is 0.253 e. The summed E-state index contributed by atoms with van der Waals surface area (Å²) in [6, 6.07) is 6.33. The summed E-state index contributed by atoms with van der Waals surface area (Å²) in [5.74, 6) is 0.389. The first-order chi connectivity index (χ1) is 9.27. The Balaban J connectivity index is 2.01. The first-order valence-electron chi connectivity index (χ1n) is 6.58. The van der Waals surface area contributed by atoms with E-state index in [-0.39, 0.29) is 16.8 Å². The van der Waals surface area contributed by atoms with Gasteiger partial charge in [-0.25, -0.2) is 8.42 Å². The lowest BCUT2D eigenvalue weighted by molar-refractivity contribution is 0.0734. The molecular formula is C14H20N2O3S. The monoisotopic (exact) mass is 296 g/mol. The van der Waals surface area contributed by atoms with Gasteiger partial charge in [-0.3, -0.25) is 4.79 Å². The number of amides is 1. The van der Waals surface area contributed by atoms with Gasteiger partial charge < -0.3 is 10.6 Å². The minimum absolute atomic E-state index is 0.0921. The van der Waals surface area contributed by atoms with Crippen molar-refractivity contribution in [2.24, 2.45) is 11.7 Å². The largest absolute Gasteiger partial charge is 0.341 e. The molecule has 1 aromatic carbocycles. The number of hydrogen-bond donors (Lipinski definition) is 1. The molecule has 2 N–H and O–H groups in total. The van der Waals surface area contributed by atoms with Crippen LogP contribution in [-0.4, -0.2) is 45.1 Å². The van der Waals surface area contributed by atoms with Crippen LogP contribution in [0, 0.1) is 5.92 Å². The molecule has 2 rings (SSSR count). The summed E-state index contributed by atoms with van der Waals surface area (Å²) in [5, 5.41) is 0. The maximum absolute atomic E-state index is 12.2. The summed E-state index contributed by atoms with van der Waals surface area (Å²) >= 11 is 0. The van der Waals surface area contributed by atoms with E-state index in [0.29, 0.717) is 18.0 Å². The predicted octanol–water partition coefficient (Wildman–Crippen LogP) is 0.899. The van der Waals surface area contributed by atoms with Crippen molar-refractivity contribution in [1.82, 2.24) is 4.90 Å². The van der Waals surface area contributed by atoms with Gasteiger partial charge in [0.2, 0.25) is 0 Å². The molecular weight excluding hydrogens is 276 g/mol. The summed E-state index contributed by atoms with van der Waals surface area (Å²) in [7, 11) is -1.46. The molecule has 1 aliphatic carbocycles. The summed E-state index contributed by atoms with van der Waals surface area (Å²) in [6.07, 6.45) is 3.07. The molecule has 1 fully saturated rings. The van der Waals surface area contributed by atoms with Crippen LogP contribution in [0.15, 0.2) is 29.2 Å². The molecule has 20 heavy (non-hydrogen) atoms. The zero-order valence-electron chi connectivity index (χ0n) is 11.7. The lowest BCUT2D eigenvalue weighted by atomic mass is 9.80. The van der Waals surface area contributed by atoms with E-state index < -0.39 is 9.84 Å². The van der Waals surface area contributed by atoms with Crippen LogP contribution in [0.1, 0.15) is 23.2 Å². The van der Waals surface area contributed by atoms with Gasteiger partial charge in [-0.05, 0) is 43.0 Å². The average molecular weight is 296 g/mol. The van der Waals surface area contributed by atoms with Gasteiger partial charge in [0, 0.05) is 31.5 Å². The quantitative estimate of drug-likeness (QED) is 0.895. The van der Waals surface area contributed by atoms with Gasteiger partial charge in [-0.1, -0.05) is 0 Å². The molecule has 0 spiro atoms. The molecule has 1 amide bonds. The van der Waals surface area contributed by atoms with Crippen LogP contribution in [0.25, 0.3) is 0 Å². The van der Waals surface area contributed by atoms with Crippen LogP contribution >= 0.6 is 0 Å². The maximum atomic E-state index is 12.2. The molecule has 0 unspecified atom stereocenters. The van der Waals surface area contributed by atoms with Gasteiger partial charge in [0.25, 0.3) is 5.91 Å². The molecule has 1 aliphatic rings. The van der Waals surface area contributed by atoms with Crippen LogP contribution in [0.2, 0.25) is 0 Å². The number of carbonyl (C=O) groups excluding carboxylic acids is 1. The summed E-state index contributed by atoms with van der Waals surface area (Å²) in [4.78, 5) is 14.1. The molecule has 0 bridgehead atoms. The van der Waals surface area contributed by atoms with Crippen molar-refractivity contribution in [2.75, 3.05) is 19.8 Å². The minimum atomic E-state index is -3.22. The summed E-state index contributed by atoms with van der Waals surface area (Å²) in [6.45, 7) is 0.695. The maximum Gasteiger partial charge on any atom is 0.253 e. The Labute approximate surface area is 119 Å². The highest BCUT2D eigenvalue weighted by molar-refractivity contribution is 7.90. The Morgan fingerprint density at radius 2 is 1.85 bits per heavy atom. The number of carbonyl (C=O) groups is 1. The fourth-order valence-corrected chi connectivity index (χ4v) is 3.10. The molecule has 1 saturated carbocycles. The second-order valence-electron chi connectivity index (χ2n) is 5.58. The Kier molecular flexibility index (Phi) is 4.15. The van der Waals surface area contributed by atoms with Gasteiger partial charge in [-0.2, -0.15) is 0 Å². The lowest BCUT2D eigenvalue weighted by Gasteiger charge is -2.35. The van der Waals surface area contributed by atoms with Gasteiger partial charge in [-0.15, -0.1) is 0 Å². The highest BCUT2D eigenvalue weighted by atomic mass is 32.2. The summed E-state index contributed by atoms with van der Waals surface area (Å²) < 4.78 is 22.7. The van der Waals surface area contributed by atoms with Crippen molar-refractivity contribution in [1.29, 1.82) is 0 Å². The molecule has 5 nitrogen and oxygen atoms in total. The van der Waals surface area contributed by atoms with E-state index in [1.54, 1.807) is 24.1 Å². The fourth-order valence-electron chi connectivity index (χ4n) is 2.47. The Bertz CT molecular complexity index is 589. The molecule has 0 aliphatic heterocycles. The van der Waals surface area contributed by atoms with Crippen molar-refractivity contribution in [2.45, 2.75) is 23.8 Å². The van der Waals surface area contributed by atoms with Crippen LogP contribution in [0.5, 0.6) is 0 Å². The summed E-state index contributed by atoms with van der Waals surface area (Å²) in [5.41, 5.74) is 6.23. The zero-order valence-corrected chi connectivity index (χ0v) is 12.6. The van der Waals surface area contributed by atoms with Crippen molar-refractivity contribution in [3.05, 3.63) is 29.8 Å². The normalized spacial score (nSPS) is 22.1. The van der Waals surface area contributed by atoms with Crippen LogP contribution < -0.4 is 5.73 Å². The van der Waals surface area contributed by atoms with E-state index in [0.717, 1.165) is 19.1 Å². The van der Waals surface area contributed by atoms with Gasteiger partial charge in [0.15, 0.2) is 9.84 Å². The van der Waals surface area contributed by atoms with Crippen molar-refractivity contribution < 1.29 is 13.2 Å². The Morgan fingerprint density at radius 1 is 1.30 bits per heavy atom. The van der Waals surface area contributed by atoms with Crippen LogP contribution in [0.4, 0.5) is 0 Å². The highest BCUT2D eigenvalue weighted by Crippen LogP contribution is 2.26. The second kappa shape index (κ2) is 5.54. The molecule has 110 valence electrons. The Hall–Kier alpha value is -1.40. The standard InChI is InChI=1S/C14H20N2O3S/c1-16(9-10-7-12(15)8-10)14(17)11-3-5-13(6-4-11)20(2,18)19/h3-6,10,12H,7-9,15H2,1-2H3. The lowest BCUT2D eigenvalue weighted by Crippen LogP contribution is -2.43. The third-order valence-electron chi connectivity index (χ3n) is 3.68. The molecule has 0 atom stereocenters. The van der Waals surface area contributed by atoms with Gasteiger partial charge in [0.05, 0.1) is 4.90 Å². The molecule has 6 heteroatoms. The first kappa shape index (κ1) is 15.0. The Morgan fingerprint density at radius 3 is 2.30 bits per heavy atom. The topological polar surface area (TPSA) is 80.5 Å². The molecule has 0 radical (unpaired) electrons. The van der Waals surface area contributed by atoms with E-state index in [2.05, 4.69) is 0 Å². The second-order valence-corrected chi connectivity index (χ2v) is 7.60. The molecule has 0 aromatic heterocycles. The van der Waals surface area contributed by atoms with Crippen LogP contribution in [-0.2, 0) is 9.84 Å². The van der Waals surface area contributed by atoms with Crippen LogP contribution in [0.3, 0.4) is 0 Å². The zero-order chi connectivity index (χ0) is 14.9. The van der Waals surface area contributed by atoms with E-state index in [1.807, 2.05) is 0 Å². The molecule has 1 aromatic rings. The average Bonchev–Trinajstić information content (AvgIpc) is 2.35. The van der Waals surface area contributed by atoms with Gasteiger partial charge in [0.1, 0.15) is 0 Å². The number of benzene rings is 1. The SMILES string of the molecule is CN(CC1CC(N)C1)C(=O)c1ccc(S(C)(=O)=O)cc1. The van der Waals surface area contributed by atoms with E-state index >= 15 is 0 Å².